The molecular formula is C57H61ClN10O13. The molecular weight excluding hydrogens is 1070 g/mol. The highest BCUT2D eigenvalue weighted by atomic mass is 35.5. The molecule has 3 aliphatic rings. The molecule has 4 aromatic carbocycles. The zero-order valence-electron chi connectivity index (χ0n) is 44.6. The van der Waals surface area contributed by atoms with E-state index in [1.807, 2.05) is 6.92 Å². The van der Waals surface area contributed by atoms with E-state index in [1.54, 1.807) is 84.9 Å². The molecule has 1 unspecified atom stereocenters. The molecule has 0 bridgehead atoms. The molecule has 12 amide bonds. The Morgan fingerprint density at radius 1 is 0.741 bits per heavy atom. The number of likely N-dealkylation sites (N-methyl/N-ethyl adjacent to an activating group) is 1. The van der Waals surface area contributed by atoms with Crippen LogP contribution in [-0.2, 0) is 73.9 Å². The van der Waals surface area contributed by atoms with Gasteiger partial charge in [-0.3, -0.25) is 52.8 Å². The molecule has 2 atom stereocenters. The van der Waals surface area contributed by atoms with Crippen LogP contribution in [0.4, 0.5) is 10.5 Å². The molecule has 0 spiro atoms. The van der Waals surface area contributed by atoms with Gasteiger partial charge in [0.05, 0.1) is 25.2 Å². The molecule has 1 fully saturated rings. The quantitative estimate of drug-likeness (QED) is 0.0317. The average molecular weight is 1130 g/mol. The van der Waals surface area contributed by atoms with Gasteiger partial charge in [0.15, 0.2) is 6.73 Å². The number of piperidine rings is 1. The smallest absolute Gasteiger partial charge is 0.340 e. The second-order valence-corrected chi connectivity index (χ2v) is 19.8. The topological polar surface area (TPSA) is 299 Å². The van der Waals surface area contributed by atoms with Crippen molar-refractivity contribution in [3.05, 3.63) is 147 Å². The van der Waals surface area contributed by atoms with Crippen LogP contribution in [0.1, 0.15) is 87.1 Å². The normalized spacial score (nSPS) is 15.0. The number of nitrogens with zero attached hydrogens (tertiary/aromatic N) is 4. The van der Waals surface area contributed by atoms with E-state index in [2.05, 4.69) is 31.9 Å². The number of carbonyl (C=O) groups is 12. The number of nitrogens with one attached hydrogen (secondary N) is 6. The fraction of sp³-hybridized carbons (Fsp3) is 0.333. The zero-order valence-corrected chi connectivity index (χ0v) is 45.3. The molecule has 24 heteroatoms. The van der Waals surface area contributed by atoms with Crippen LogP contribution >= 0.6 is 11.6 Å². The number of halogens is 1. The number of aryl methyl sites for hydroxylation is 1. The molecule has 3 aliphatic heterocycles. The Kier molecular flexibility index (Phi) is 20.6. The van der Waals surface area contributed by atoms with Gasteiger partial charge < -0.3 is 46.4 Å². The lowest BCUT2D eigenvalue weighted by molar-refractivity contribution is -0.157. The summed E-state index contributed by atoms with van der Waals surface area (Å²) < 4.78 is 5.52. The van der Waals surface area contributed by atoms with Crippen molar-refractivity contribution in [3.8, 4) is 0 Å². The number of ether oxygens (including phenoxy) is 1. The standard InChI is InChI=1S/C57H61ClN10O13/c1-35-16-18-40(27-43(35)58)63-57(80)62-28-37-17-19-41-39(25-37)33-67(54(41)77)45-20-21-51(74)68(55(45)78)34-81-56(79)42-14-9-8-13-38(42)32-65(2)52(75)31-61-53(76)44(26-36-11-5-3-6-12-36)64-48(71)30-60-47(70)29-59-46(69)15-7-4-10-24-66-49(72)22-23-50(66)73/h3,5-6,8-9,11-14,16-19,22-23,25,27,44-45H,4,7,10,15,20-21,24,26,28-34H2,1-2H3,(H,59,69)(H,60,70)(H,61,76)(H,64,71)(H2,62,63,80)/t44-,45?/m0/s1. The van der Waals surface area contributed by atoms with Gasteiger partial charge in [-0.15, -0.1) is 0 Å². The summed E-state index contributed by atoms with van der Waals surface area (Å²) in [6.07, 6.45) is 4.02. The van der Waals surface area contributed by atoms with Gasteiger partial charge in [-0.1, -0.05) is 84.8 Å². The number of urea groups is 1. The van der Waals surface area contributed by atoms with Crippen molar-refractivity contribution < 1.29 is 62.3 Å². The molecule has 3 heterocycles. The first-order valence-corrected chi connectivity index (χ1v) is 26.5. The monoisotopic (exact) mass is 1130 g/mol. The molecule has 81 heavy (non-hydrogen) atoms. The fourth-order valence-electron chi connectivity index (χ4n) is 9.05. The van der Waals surface area contributed by atoms with Crippen LogP contribution in [-0.4, -0.2) is 143 Å². The van der Waals surface area contributed by atoms with Gasteiger partial charge in [0.1, 0.15) is 12.1 Å². The first-order valence-electron chi connectivity index (χ1n) is 26.1. The summed E-state index contributed by atoms with van der Waals surface area (Å²) in [6, 6.07) is 22.5. The molecule has 7 rings (SSSR count). The van der Waals surface area contributed by atoms with Crippen LogP contribution in [0, 0.1) is 6.92 Å². The Morgan fingerprint density at radius 2 is 1.46 bits per heavy atom. The number of hydrogen-bond acceptors (Lipinski definition) is 13. The van der Waals surface area contributed by atoms with E-state index in [0.717, 1.165) is 15.4 Å². The molecule has 1 saturated heterocycles. The second-order valence-electron chi connectivity index (χ2n) is 19.4. The third kappa shape index (κ3) is 16.4. The summed E-state index contributed by atoms with van der Waals surface area (Å²) in [5.74, 6) is -6.46. The van der Waals surface area contributed by atoms with E-state index in [4.69, 9.17) is 16.3 Å². The summed E-state index contributed by atoms with van der Waals surface area (Å²) in [6.45, 7) is -0.0453. The SMILES string of the molecule is Cc1ccc(NC(=O)NCc2ccc3c(c2)CN(C2CCC(=O)N(COC(=O)c4ccccc4CN(C)C(=O)CNC(=O)[C@H](Cc4ccccc4)NC(=O)CNC(=O)CNC(=O)CCCCCN4C(=O)C=CC4=O)C2=O)C3=O)cc1Cl. The number of benzene rings is 4. The maximum atomic E-state index is 13.9. The number of carbonyl (C=O) groups excluding carboxylic acids is 12. The van der Waals surface area contributed by atoms with E-state index < -0.39 is 97.7 Å². The number of esters is 1. The third-order valence-corrected chi connectivity index (χ3v) is 14.0. The molecule has 0 saturated carbocycles. The predicted octanol–water partition coefficient (Wildman–Crippen LogP) is 2.78. The summed E-state index contributed by atoms with van der Waals surface area (Å²) in [7, 11) is 1.44. The molecule has 424 valence electrons. The molecule has 6 N–H and O–H groups in total. The van der Waals surface area contributed by atoms with Crippen molar-refractivity contribution in [1.29, 1.82) is 0 Å². The van der Waals surface area contributed by atoms with E-state index in [-0.39, 0.29) is 69.2 Å². The highest BCUT2D eigenvalue weighted by molar-refractivity contribution is 6.31. The van der Waals surface area contributed by atoms with Crippen LogP contribution < -0.4 is 31.9 Å². The van der Waals surface area contributed by atoms with Crippen molar-refractivity contribution in [2.75, 3.05) is 45.3 Å². The second kappa shape index (κ2) is 28.1. The number of amides is 12. The number of imide groups is 2. The number of fused-ring (bicyclic) bond motifs is 1. The maximum Gasteiger partial charge on any atom is 0.340 e. The Hall–Kier alpha value is -9.25. The summed E-state index contributed by atoms with van der Waals surface area (Å²) in [5, 5.41) is 16.0. The fourth-order valence-corrected chi connectivity index (χ4v) is 9.23. The Morgan fingerprint density at radius 3 is 2.21 bits per heavy atom. The minimum atomic E-state index is -1.18. The van der Waals surface area contributed by atoms with E-state index in [1.165, 1.54) is 35.1 Å². The van der Waals surface area contributed by atoms with Crippen molar-refractivity contribution in [1.82, 2.24) is 46.2 Å². The lowest BCUT2D eigenvalue weighted by Gasteiger charge is -2.35. The third-order valence-electron chi connectivity index (χ3n) is 13.6. The highest BCUT2D eigenvalue weighted by Gasteiger charge is 2.43. The minimum absolute atomic E-state index is 0.0269. The minimum Gasteiger partial charge on any atom is -0.440 e. The molecule has 0 aliphatic carbocycles. The number of hydrogen-bond donors (Lipinski definition) is 6. The Balaban J connectivity index is 0.849. The van der Waals surface area contributed by atoms with Crippen molar-refractivity contribution >= 4 is 88.4 Å². The van der Waals surface area contributed by atoms with Gasteiger partial charge >= 0.3 is 12.0 Å². The average Bonchev–Trinajstić information content (AvgIpc) is 4.04. The largest absolute Gasteiger partial charge is 0.440 e. The number of likely N-dealkylation sites (tertiary alicyclic amines) is 1. The first kappa shape index (κ1) is 59.4. The lowest BCUT2D eigenvalue weighted by atomic mass is 10.0. The number of unbranched alkanes of at least 4 members (excludes halogenated alkanes) is 2. The molecule has 0 radical (unpaired) electrons. The Bertz CT molecular complexity index is 3130. The van der Waals surface area contributed by atoms with Crippen molar-refractivity contribution in [2.24, 2.45) is 0 Å². The summed E-state index contributed by atoms with van der Waals surface area (Å²) in [5.41, 5.74) is 4.12. The summed E-state index contributed by atoms with van der Waals surface area (Å²) >= 11 is 6.18. The lowest BCUT2D eigenvalue weighted by Crippen LogP contribution is -2.55. The van der Waals surface area contributed by atoms with Gasteiger partial charge in [-0.2, -0.15) is 0 Å². The molecule has 23 nitrogen and oxygen atoms in total. The zero-order chi connectivity index (χ0) is 58.2. The van der Waals surface area contributed by atoms with E-state index in [9.17, 15) is 57.5 Å². The summed E-state index contributed by atoms with van der Waals surface area (Å²) in [4.78, 5) is 159. The van der Waals surface area contributed by atoms with Crippen LogP contribution in [0.2, 0.25) is 5.02 Å². The van der Waals surface area contributed by atoms with Crippen LogP contribution in [0.25, 0.3) is 0 Å². The van der Waals surface area contributed by atoms with Gasteiger partial charge in [0.25, 0.3) is 23.6 Å². The number of rotatable bonds is 25. The van der Waals surface area contributed by atoms with Crippen molar-refractivity contribution in [3.63, 3.8) is 0 Å². The maximum absolute atomic E-state index is 13.9. The van der Waals surface area contributed by atoms with E-state index in [0.29, 0.717) is 57.8 Å². The van der Waals surface area contributed by atoms with Gasteiger partial charge in [-0.05, 0) is 78.3 Å². The molecule has 4 aromatic rings. The predicted molar refractivity (Wildman–Crippen MR) is 292 cm³/mol. The van der Waals surface area contributed by atoms with Gasteiger partial charge in [-0.25, -0.2) is 14.5 Å². The van der Waals surface area contributed by atoms with Crippen LogP contribution in [0.5, 0.6) is 0 Å². The molecule has 0 aromatic heterocycles. The highest BCUT2D eigenvalue weighted by Crippen LogP contribution is 2.30. The van der Waals surface area contributed by atoms with E-state index >= 15 is 0 Å². The van der Waals surface area contributed by atoms with Crippen LogP contribution in [0.3, 0.4) is 0 Å². The van der Waals surface area contributed by atoms with Crippen LogP contribution in [0.15, 0.2) is 103 Å². The first-order chi connectivity index (χ1) is 38.8. The van der Waals surface area contributed by atoms with Gasteiger partial charge in [0.2, 0.25) is 35.4 Å². The van der Waals surface area contributed by atoms with Gasteiger partial charge in [0, 0.05) is 80.9 Å². The van der Waals surface area contributed by atoms with Crippen molar-refractivity contribution in [2.45, 2.75) is 83.6 Å². The number of anilines is 1. The Labute approximate surface area is 471 Å².